The van der Waals surface area contributed by atoms with Crippen molar-refractivity contribution in [2.45, 2.75) is 31.6 Å². The number of anilines is 1. The lowest BCUT2D eigenvalue weighted by atomic mass is 9.85. The summed E-state index contributed by atoms with van der Waals surface area (Å²) in [6, 6.07) is 5.27. The number of allylic oxidation sites excluding steroid dienone is 1. The van der Waals surface area contributed by atoms with Gasteiger partial charge in [0.25, 0.3) is 5.91 Å². The van der Waals surface area contributed by atoms with Crippen LogP contribution in [0.3, 0.4) is 0 Å². The van der Waals surface area contributed by atoms with Gasteiger partial charge in [-0.05, 0) is 37.6 Å². The number of amides is 2. The SMILES string of the molecule is CC1=C[C@]2(C)O[C@@H]3C(=O)N(c4ccccc4F)C(=O)[C@@H]3[C@@H]2N=C1. The van der Waals surface area contributed by atoms with E-state index in [0.717, 1.165) is 10.5 Å². The van der Waals surface area contributed by atoms with Gasteiger partial charge in [0.2, 0.25) is 5.91 Å². The summed E-state index contributed by atoms with van der Waals surface area (Å²) in [5.41, 5.74) is 0.115. The lowest BCUT2D eigenvalue weighted by Crippen LogP contribution is -2.44. The van der Waals surface area contributed by atoms with Gasteiger partial charge in [0, 0.05) is 6.21 Å². The van der Waals surface area contributed by atoms with Crippen LogP contribution in [0.15, 0.2) is 40.9 Å². The second-order valence-electron chi connectivity index (χ2n) is 6.32. The maximum Gasteiger partial charge on any atom is 0.263 e. The molecule has 2 fully saturated rings. The Morgan fingerprint density at radius 1 is 1.26 bits per heavy atom. The first kappa shape index (κ1) is 14.3. The minimum Gasteiger partial charge on any atom is -0.355 e. The fraction of sp³-hybridized carbons (Fsp3) is 0.353. The fourth-order valence-electron chi connectivity index (χ4n) is 3.71. The molecule has 0 unspecified atom stereocenters. The molecule has 23 heavy (non-hydrogen) atoms. The number of aliphatic imine (C=N–C) groups is 1. The molecule has 0 saturated carbocycles. The Kier molecular flexibility index (Phi) is 2.84. The molecule has 6 heteroatoms. The van der Waals surface area contributed by atoms with E-state index in [4.69, 9.17) is 4.74 Å². The maximum absolute atomic E-state index is 14.0. The number of halogens is 1. The van der Waals surface area contributed by atoms with Crippen LogP contribution < -0.4 is 4.90 Å². The zero-order chi connectivity index (χ0) is 16.4. The number of hydrogen-bond acceptors (Lipinski definition) is 4. The molecule has 0 N–H and O–H groups in total. The summed E-state index contributed by atoms with van der Waals surface area (Å²) >= 11 is 0. The minimum absolute atomic E-state index is 0.0336. The van der Waals surface area contributed by atoms with E-state index in [1.54, 1.807) is 12.3 Å². The van der Waals surface area contributed by atoms with Crippen LogP contribution in [-0.4, -0.2) is 35.8 Å². The number of dihydropyridines is 1. The fourth-order valence-corrected chi connectivity index (χ4v) is 3.71. The summed E-state index contributed by atoms with van der Waals surface area (Å²) in [6.07, 6.45) is 2.65. The van der Waals surface area contributed by atoms with Gasteiger partial charge in [-0.25, -0.2) is 9.29 Å². The first-order chi connectivity index (χ1) is 10.9. The van der Waals surface area contributed by atoms with Crippen LogP contribution in [-0.2, 0) is 14.3 Å². The van der Waals surface area contributed by atoms with Gasteiger partial charge >= 0.3 is 0 Å². The zero-order valence-corrected chi connectivity index (χ0v) is 12.7. The largest absolute Gasteiger partial charge is 0.355 e. The van der Waals surface area contributed by atoms with Crippen molar-refractivity contribution >= 4 is 23.7 Å². The highest BCUT2D eigenvalue weighted by Crippen LogP contribution is 2.46. The Balaban J connectivity index is 1.75. The molecule has 0 aliphatic carbocycles. The maximum atomic E-state index is 14.0. The highest BCUT2D eigenvalue weighted by molar-refractivity contribution is 6.24. The number of hydrogen-bond donors (Lipinski definition) is 0. The van der Waals surface area contributed by atoms with Crippen molar-refractivity contribution in [3.8, 4) is 0 Å². The van der Waals surface area contributed by atoms with Crippen molar-refractivity contribution in [2.75, 3.05) is 4.90 Å². The number of benzene rings is 1. The van der Waals surface area contributed by atoms with Crippen molar-refractivity contribution in [3.05, 3.63) is 41.7 Å². The molecule has 3 heterocycles. The number of nitrogens with zero attached hydrogens (tertiary/aromatic N) is 2. The Morgan fingerprint density at radius 2 is 2.00 bits per heavy atom. The van der Waals surface area contributed by atoms with E-state index in [2.05, 4.69) is 4.99 Å². The molecule has 5 nitrogen and oxygen atoms in total. The van der Waals surface area contributed by atoms with Gasteiger partial charge in [-0.2, -0.15) is 0 Å². The molecule has 0 bridgehead atoms. The lowest BCUT2D eigenvalue weighted by Gasteiger charge is -2.30. The smallest absolute Gasteiger partial charge is 0.263 e. The molecule has 4 atom stereocenters. The average Bonchev–Trinajstić information content (AvgIpc) is 2.92. The second kappa shape index (κ2) is 4.58. The van der Waals surface area contributed by atoms with Crippen LogP contribution in [0.5, 0.6) is 0 Å². The van der Waals surface area contributed by atoms with Crippen molar-refractivity contribution in [3.63, 3.8) is 0 Å². The van der Waals surface area contributed by atoms with E-state index in [1.165, 1.54) is 18.2 Å². The second-order valence-corrected chi connectivity index (χ2v) is 6.32. The van der Waals surface area contributed by atoms with E-state index in [0.29, 0.717) is 0 Å². The Labute approximate surface area is 132 Å². The van der Waals surface area contributed by atoms with Gasteiger partial charge in [-0.15, -0.1) is 0 Å². The molecular formula is C17H15FN2O3. The van der Waals surface area contributed by atoms with Gasteiger partial charge < -0.3 is 4.74 Å². The normalized spacial score (nSPS) is 35.3. The Morgan fingerprint density at radius 3 is 2.74 bits per heavy atom. The zero-order valence-electron chi connectivity index (χ0n) is 12.7. The highest BCUT2D eigenvalue weighted by atomic mass is 19.1. The summed E-state index contributed by atoms with van der Waals surface area (Å²) in [7, 11) is 0. The molecule has 3 aliphatic heterocycles. The molecule has 0 aromatic heterocycles. The molecule has 2 saturated heterocycles. The topological polar surface area (TPSA) is 59.0 Å². The Hall–Kier alpha value is -2.34. The van der Waals surface area contributed by atoms with Gasteiger partial charge in [-0.3, -0.25) is 14.6 Å². The summed E-state index contributed by atoms with van der Waals surface area (Å²) in [5.74, 6) is -2.31. The summed E-state index contributed by atoms with van der Waals surface area (Å²) in [5, 5.41) is 0. The molecule has 1 aromatic carbocycles. The quantitative estimate of drug-likeness (QED) is 0.744. The van der Waals surface area contributed by atoms with Crippen LogP contribution in [0.4, 0.5) is 10.1 Å². The minimum atomic E-state index is -0.920. The summed E-state index contributed by atoms with van der Waals surface area (Å²) < 4.78 is 19.9. The lowest BCUT2D eigenvalue weighted by molar-refractivity contribution is -0.130. The molecule has 1 aromatic rings. The van der Waals surface area contributed by atoms with Gasteiger partial charge in [0.1, 0.15) is 11.4 Å². The van der Waals surface area contributed by atoms with Crippen molar-refractivity contribution in [1.29, 1.82) is 0 Å². The number of ether oxygens (including phenoxy) is 1. The molecule has 118 valence electrons. The number of fused-ring (bicyclic) bond motifs is 3. The third kappa shape index (κ3) is 1.84. The first-order valence-corrected chi connectivity index (χ1v) is 7.45. The van der Waals surface area contributed by atoms with Crippen LogP contribution >= 0.6 is 0 Å². The highest BCUT2D eigenvalue weighted by Gasteiger charge is 2.64. The van der Waals surface area contributed by atoms with Gasteiger partial charge in [-0.1, -0.05) is 12.1 Å². The standard InChI is InChI=1S/C17H15FN2O3/c1-9-7-17(2)14(19-8-9)12-13(23-17)16(22)20(15(12)21)11-6-4-3-5-10(11)18/h3-8,12-14H,1-2H3/t12-,13-,14-,17-/m0/s1. The van der Waals surface area contributed by atoms with Crippen LogP contribution in [0.25, 0.3) is 0 Å². The van der Waals surface area contributed by atoms with E-state index in [-0.39, 0.29) is 5.69 Å². The van der Waals surface area contributed by atoms with Crippen molar-refractivity contribution in [2.24, 2.45) is 10.9 Å². The first-order valence-electron chi connectivity index (χ1n) is 7.45. The summed E-state index contributed by atoms with van der Waals surface area (Å²) in [4.78, 5) is 30.8. The predicted molar refractivity (Wildman–Crippen MR) is 81.7 cm³/mol. The summed E-state index contributed by atoms with van der Waals surface area (Å²) in [6.45, 7) is 3.71. The van der Waals surface area contributed by atoms with E-state index in [9.17, 15) is 14.0 Å². The van der Waals surface area contributed by atoms with Crippen LogP contribution in [0.2, 0.25) is 0 Å². The number of carbonyl (C=O) groups excluding carboxylic acids is 2. The number of carbonyl (C=O) groups is 2. The van der Waals surface area contributed by atoms with E-state index >= 15 is 0 Å². The molecular weight excluding hydrogens is 299 g/mol. The predicted octanol–water partition coefficient (Wildman–Crippen LogP) is 1.87. The van der Waals surface area contributed by atoms with E-state index in [1.807, 2.05) is 19.9 Å². The van der Waals surface area contributed by atoms with Crippen molar-refractivity contribution < 1.29 is 18.7 Å². The molecule has 0 spiro atoms. The number of para-hydroxylation sites is 1. The monoisotopic (exact) mass is 314 g/mol. The molecule has 3 aliphatic rings. The van der Waals surface area contributed by atoms with Crippen LogP contribution in [0, 0.1) is 11.7 Å². The molecule has 2 amide bonds. The number of imide groups is 1. The third-order valence-corrected chi connectivity index (χ3v) is 4.65. The van der Waals surface area contributed by atoms with Crippen molar-refractivity contribution in [1.82, 2.24) is 0 Å². The Bertz CT molecular complexity index is 788. The molecule has 0 radical (unpaired) electrons. The average molecular weight is 314 g/mol. The van der Waals surface area contributed by atoms with Gasteiger partial charge in [0.05, 0.1) is 17.6 Å². The third-order valence-electron chi connectivity index (χ3n) is 4.65. The van der Waals surface area contributed by atoms with E-state index < -0.39 is 41.3 Å². The number of rotatable bonds is 1. The van der Waals surface area contributed by atoms with Crippen LogP contribution in [0.1, 0.15) is 13.8 Å². The molecule has 4 rings (SSSR count). The van der Waals surface area contributed by atoms with Gasteiger partial charge in [0.15, 0.2) is 6.10 Å².